The number of fused-ring (bicyclic) bond motifs is 5. The Hall–Kier alpha value is -7.65. The smallest absolute Gasteiger partial charge is 0.343 e. The summed E-state index contributed by atoms with van der Waals surface area (Å²) < 4.78 is 22.1. The van der Waals surface area contributed by atoms with E-state index in [0.717, 1.165) is 11.0 Å². The zero-order chi connectivity index (χ0) is 48.0. The van der Waals surface area contributed by atoms with Gasteiger partial charge in [0.15, 0.2) is 5.60 Å². The van der Waals surface area contributed by atoms with Gasteiger partial charge in [-0.25, -0.2) is 14.2 Å². The molecule has 350 valence electrons. The number of aliphatic hydroxyl groups excluding tert-OH is 1. The van der Waals surface area contributed by atoms with Crippen molar-refractivity contribution in [1.82, 2.24) is 35.7 Å². The number of unbranched alkanes of at least 4 members (excludes halogenated alkanes) is 2. The summed E-state index contributed by atoms with van der Waals surface area (Å²) in [5.74, 6) is -6.00. The predicted molar refractivity (Wildman–Crippen MR) is 234 cm³/mol. The maximum atomic E-state index is 15.7. The van der Waals surface area contributed by atoms with E-state index in [9.17, 15) is 53.4 Å². The molecule has 0 bridgehead atoms. The predicted octanol–water partition coefficient (Wildman–Crippen LogP) is 0.211. The molecule has 20 nitrogen and oxygen atoms in total. The number of aromatic nitrogens is 2. The summed E-state index contributed by atoms with van der Waals surface area (Å²) in [4.78, 5) is 119. The van der Waals surface area contributed by atoms with Crippen LogP contribution in [0.25, 0.3) is 22.3 Å². The number of esters is 1. The first-order valence-electron chi connectivity index (χ1n) is 21.5. The summed E-state index contributed by atoms with van der Waals surface area (Å²) >= 11 is 0. The van der Waals surface area contributed by atoms with Gasteiger partial charge in [-0.3, -0.25) is 43.3 Å². The highest BCUT2D eigenvalue weighted by Gasteiger charge is 2.45. The molecule has 2 aromatic heterocycles. The van der Waals surface area contributed by atoms with E-state index in [1.807, 2.05) is 0 Å². The largest absolute Gasteiger partial charge is 0.458 e. The van der Waals surface area contributed by atoms with Crippen molar-refractivity contribution in [1.29, 1.82) is 0 Å². The van der Waals surface area contributed by atoms with E-state index in [0.29, 0.717) is 30.4 Å². The number of nitrogens with zero attached hydrogens (tertiary/aromatic N) is 3. The Morgan fingerprint density at radius 3 is 2.28 bits per heavy atom. The van der Waals surface area contributed by atoms with E-state index < -0.39 is 84.8 Å². The van der Waals surface area contributed by atoms with Gasteiger partial charge in [-0.05, 0) is 42.5 Å². The fraction of sp³-hybridized carbons (Fsp3) is 0.348. The highest BCUT2D eigenvalue weighted by Crippen LogP contribution is 2.41. The van der Waals surface area contributed by atoms with E-state index in [4.69, 9.17) is 4.74 Å². The standard InChI is InChI=1S/C46H47FN8O12/c1-2-46(66)30-17-35-42-27(22-55(35)44(64)29(30)24-67-45(46)65)28(23-56)26-16-33(31(47)18-32(26)53-42)51-39(60)21-50-43(63)34(15-25-9-5-3-6-10-25)52-38(59)20-49-37(58)19-48-36(57)11-7-4-8-14-54-40(61)12-13-41(54)62/h3,5-6,9-10,12-13,16-18,34,56,66H,2,4,7-8,11,14-15,19-24H2,1H3,(H,48,57)(H,49,58)(H,50,63)(H,51,60)(H,52,59)/t34-,46-/m0/s1. The number of halogens is 1. The van der Waals surface area contributed by atoms with Crippen molar-refractivity contribution < 1.29 is 57.7 Å². The molecule has 21 heteroatoms. The van der Waals surface area contributed by atoms with Crippen molar-refractivity contribution >= 4 is 63.9 Å². The average molecular weight is 923 g/mol. The Morgan fingerprint density at radius 2 is 1.57 bits per heavy atom. The van der Waals surface area contributed by atoms with Crippen molar-refractivity contribution in [3.63, 3.8) is 0 Å². The molecule has 67 heavy (non-hydrogen) atoms. The number of hydrogen-bond acceptors (Lipinski definition) is 13. The van der Waals surface area contributed by atoms with Crippen LogP contribution in [0.1, 0.15) is 66.8 Å². The number of hydrogen-bond donors (Lipinski definition) is 7. The fourth-order valence-electron chi connectivity index (χ4n) is 8.14. The quantitative estimate of drug-likeness (QED) is 0.0332. The van der Waals surface area contributed by atoms with Gasteiger partial charge in [-0.1, -0.05) is 43.7 Å². The van der Waals surface area contributed by atoms with Crippen LogP contribution >= 0.6 is 0 Å². The zero-order valence-corrected chi connectivity index (χ0v) is 36.2. The van der Waals surface area contributed by atoms with Crippen molar-refractivity contribution in [3.8, 4) is 11.4 Å². The molecular formula is C46H47FN8O12. The van der Waals surface area contributed by atoms with Gasteiger partial charge < -0.3 is 46.1 Å². The van der Waals surface area contributed by atoms with E-state index >= 15 is 4.39 Å². The maximum absolute atomic E-state index is 15.7. The van der Waals surface area contributed by atoms with Crippen molar-refractivity contribution in [2.24, 2.45) is 0 Å². The lowest BCUT2D eigenvalue weighted by Crippen LogP contribution is -2.52. The molecule has 7 amide bonds. The van der Waals surface area contributed by atoms with Crippen LogP contribution in [0.4, 0.5) is 10.1 Å². The van der Waals surface area contributed by atoms with Crippen LogP contribution in [0.3, 0.4) is 0 Å². The van der Waals surface area contributed by atoms with Gasteiger partial charge in [0.1, 0.15) is 18.5 Å². The third kappa shape index (κ3) is 10.3. The summed E-state index contributed by atoms with van der Waals surface area (Å²) in [6.45, 7) is -0.752. The molecule has 3 aliphatic heterocycles. The first-order chi connectivity index (χ1) is 32.1. The van der Waals surface area contributed by atoms with Crippen molar-refractivity contribution in [2.45, 2.75) is 76.9 Å². The lowest BCUT2D eigenvalue weighted by atomic mass is 9.86. The Morgan fingerprint density at radius 1 is 0.866 bits per heavy atom. The van der Waals surface area contributed by atoms with Crippen LogP contribution in [0.2, 0.25) is 0 Å². The van der Waals surface area contributed by atoms with Crippen molar-refractivity contribution in [3.05, 3.63) is 105 Å². The molecule has 4 aromatic rings. The lowest BCUT2D eigenvalue weighted by molar-refractivity contribution is -0.172. The van der Waals surface area contributed by atoms with Crippen molar-refractivity contribution in [2.75, 3.05) is 31.5 Å². The first kappa shape index (κ1) is 47.3. The molecule has 2 aromatic carbocycles. The van der Waals surface area contributed by atoms with Gasteiger partial charge >= 0.3 is 5.97 Å². The van der Waals surface area contributed by atoms with Gasteiger partial charge in [0.05, 0.1) is 60.9 Å². The zero-order valence-electron chi connectivity index (χ0n) is 36.2. The van der Waals surface area contributed by atoms with E-state index in [1.54, 1.807) is 37.3 Å². The molecule has 0 spiro atoms. The highest BCUT2D eigenvalue weighted by atomic mass is 19.1. The molecule has 2 atom stereocenters. The molecule has 0 aliphatic carbocycles. The Kier molecular flexibility index (Phi) is 14.3. The number of pyridine rings is 2. The van der Waals surface area contributed by atoms with E-state index in [2.05, 4.69) is 31.6 Å². The van der Waals surface area contributed by atoms with E-state index in [-0.39, 0.29) is 95.4 Å². The number of nitrogens with one attached hydrogen (secondary N) is 5. The third-order valence-electron chi connectivity index (χ3n) is 11.8. The second-order valence-corrected chi connectivity index (χ2v) is 16.1. The summed E-state index contributed by atoms with van der Waals surface area (Å²) in [5.41, 5.74) is -0.754. The summed E-state index contributed by atoms with van der Waals surface area (Å²) in [6, 6.07) is 11.2. The molecular weight excluding hydrogens is 876 g/mol. The molecule has 0 saturated heterocycles. The molecule has 7 N–H and O–H groups in total. The van der Waals surface area contributed by atoms with Gasteiger partial charge in [-0.15, -0.1) is 0 Å². The molecule has 0 saturated carbocycles. The van der Waals surface area contributed by atoms with Crippen LogP contribution in [0.5, 0.6) is 0 Å². The van der Waals surface area contributed by atoms with Crippen LogP contribution in [-0.2, 0) is 74.9 Å². The maximum Gasteiger partial charge on any atom is 0.343 e. The topological polar surface area (TPSA) is 285 Å². The minimum absolute atomic E-state index is 0.00384. The molecule has 0 radical (unpaired) electrons. The minimum Gasteiger partial charge on any atom is -0.458 e. The molecule has 5 heterocycles. The number of amides is 7. The summed E-state index contributed by atoms with van der Waals surface area (Å²) in [6.07, 6.45) is 3.96. The fourth-order valence-corrected chi connectivity index (χ4v) is 8.14. The normalized spacial score (nSPS) is 16.2. The van der Waals surface area contributed by atoms with Gasteiger partial charge in [0.2, 0.25) is 29.5 Å². The first-order valence-corrected chi connectivity index (χ1v) is 21.5. The number of anilines is 1. The van der Waals surface area contributed by atoms with Gasteiger partial charge in [0, 0.05) is 54.1 Å². The van der Waals surface area contributed by atoms with Crippen LogP contribution in [-0.4, -0.2) is 104 Å². The third-order valence-corrected chi connectivity index (χ3v) is 11.8. The van der Waals surface area contributed by atoms with Crippen LogP contribution in [0, 0.1) is 5.82 Å². The second kappa shape index (κ2) is 20.3. The number of ether oxygens (including phenoxy) is 1. The summed E-state index contributed by atoms with van der Waals surface area (Å²) in [5, 5.41) is 34.2. The number of benzene rings is 2. The Labute approximate surface area is 380 Å². The molecule has 3 aliphatic rings. The average Bonchev–Trinajstić information content (AvgIpc) is 3.85. The number of imide groups is 1. The highest BCUT2D eigenvalue weighted by molar-refractivity contribution is 6.12. The van der Waals surface area contributed by atoms with Crippen LogP contribution < -0.4 is 32.1 Å². The van der Waals surface area contributed by atoms with Crippen LogP contribution in [0.15, 0.2) is 65.5 Å². The van der Waals surface area contributed by atoms with Gasteiger partial charge in [0.25, 0.3) is 17.4 Å². The Balaban J connectivity index is 0.937. The second-order valence-electron chi connectivity index (χ2n) is 16.1. The minimum atomic E-state index is -2.06. The number of rotatable bonds is 19. The number of carbonyl (C=O) groups excluding carboxylic acids is 8. The lowest BCUT2D eigenvalue weighted by Gasteiger charge is -2.31. The summed E-state index contributed by atoms with van der Waals surface area (Å²) in [7, 11) is 0. The number of aliphatic hydroxyl groups is 2. The Bertz CT molecular complexity index is 2780. The monoisotopic (exact) mass is 922 g/mol. The SMILES string of the molecule is CC[C@@]1(O)C(=O)OCc2c1cc1n(c2=O)Cc2c-1nc1cc(F)c(NC(=O)CNC(=O)[C@H](Cc3ccccc3)NC(=O)CNC(=O)CNC(=O)CCCCCN3C(=O)C=CC3=O)cc1c2CO. The molecule has 0 fully saturated rings. The molecule has 0 unspecified atom stereocenters. The number of carbonyl (C=O) groups is 8. The molecule has 7 rings (SSSR count). The van der Waals surface area contributed by atoms with E-state index in [1.165, 1.54) is 28.9 Å². The van der Waals surface area contributed by atoms with Gasteiger partial charge in [-0.2, -0.15) is 0 Å². The number of cyclic esters (lactones) is 1.